The van der Waals surface area contributed by atoms with Crippen molar-refractivity contribution in [1.29, 1.82) is 0 Å². The van der Waals surface area contributed by atoms with E-state index in [0.29, 0.717) is 0 Å². The predicted molar refractivity (Wildman–Crippen MR) is 128 cm³/mol. The Kier molecular flexibility index (Phi) is 4.86. The van der Waals surface area contributed by atoms with Crippen molar-refractivity contribution < 1.29 is 9.47 Å². The van der Waals surface area contributed by atoms with Gasteiger partial charge in [0.2, 0.25) is 0 Å². The first kappa shape index (κ1) is 20.0. The molecule has 0 N–H and O–H groups in total. The van der Waals surface area contributed by atoms with E-state index in [1.165, 1.54) is 22.4 Å². The van der Waals surface area contributed by atoms with Crippen LogP contribution >= 0.6 is 11.3 Å². The normalized spacial score (nSPS) is 18.2. The zero-order chi connectivity index (χ0) is 21.7. The first-order valence-corrected chi connectivity index (χ1v) is 12.1. The van der Waals surface area contributed by atoms with Crippen LogP contribution in [-0.4, -0.2) is 23.2 Å². The molecule has 1 aliphatic heterocycles. The van der Waals surface area contributed by atoms with E-state index in [1.807, 2.05) is 0 Å². The van der Waals surface area contributed by atoms with Gasteiger partial charge in [-0.15, -0.1) is 0 Å². The third-order valence-corrected chi connectivity index (χ3v) is 7.74. The molecule has 0 bridgehead atoms. The summed E-state index contributed by atoms with van der Waals surface area (Å²) in [7, 11) is 0. The molecule has 2 fully saturated rings. The fraction of sp³-hybridized carbons (Fsp3) is 0.333. The van der Waals surface area contributed by atoms with Gasteiger partial charge in [-0.25, -0.2) is 9.97 Å². The average Bonchev–Trinajstić information content (AvgIpc) is 3.52. The standard InChI is InChI=1S/C27H26N2O2S/c1-17-15-19(16-18(2)23(17)26-30-13-6-14-31-26)24-28-21-9-10-22(29-25(21)32-24)27(11-12-27)20-7-4-3-5-8-20/h3-5,7-10,15-16,26H,6,11-14H2,1-2H3. The molecule has 0 spiro atoms. The minimum atomic E-state index is -0.259. The number of pyridine rings is 1. The lowest BCUT2D eigenvalue weighted by Gasteiger charge is -2.26. The molecule has 32 heavy (non-hydrogen) atoms. The number of rotatable bonds is 4. The third kappa shape index (κ3) is 3.36. The highest BCUT2D eigenvalue weighted by atomic mass is 32.1. The van der Waals surface area contributed by atoms with Gasteiger partial charge < -0.3 is 9.47 Å². The van der Waals surface area contributed by atoms with Crippen molar-refractivity contribution in [3.63, 3.8) is 0 Å². The van der Waals surface area contributed by atoms with Crippen LogP contribution in [0.1, 0.15) is 53.5 Å². The summed E-state index contributed by atoms with van der Waals surface area (Å²) in [5.41, 5.74) is 8.22. The van der Waals surface area contributed by atoms with Crippen LogP contribution in [0.5, 0.6) is 0 Å². The third-order valence-electron chi connectivity index (χ3n) is 6.73. The largest absolute Gasteiger partial charge is 0.348 e. The molecule has 4 nitrogen and oxygen atoms in total. The number of hydrogen-bond acceptors (Lipinski definition) is 5. The van der Waals surface area contributed by atoms with E-state index in [1.54, 1.807) is 11.3 Å². The maximum absolute atomic E-state index is 5.86. The Morgan fingerprint density at radius 1 is 0.906 bits per heavy atom. The molecule has 162 valence electrons. The van der Waals surface area contributed by atoms with Crippen LogP contribution in [-0.2, 0) is 14.9 Å². The Balaban J connectivity index is 1.36. The number of ether oxygens (including phenoxy) is 2. The second-order valence-corrected chi connectivity index (χ2v) is 9.92. The molecule has 1 aliphatic carbocycles. The maximum atomic E-state index is 5.86. The van der Waals surface area contributed by atoms with Gasteiger partial charge in [-0.2, -0.15) is 0 Å². The predicted octanol–water partition coefficient (Wildman–Crippen LogP) is 6.49. The number of nitrogens with zero attached hydrogens (tertiary/aromatic N) is 2. The summed E-state index contributed by atoms with van der Waals surface area (Å²) in [5, 5.41) is 1.01. The first-order chi connectivity index (χ1) is 15.6. The molecule has 4 aromatic rings. The Bertz CT molecular complexity index is 1260. The van der Waals surface area contributed by atoms with Gasteiger partial charge in [-0.05, 0) is 74.1 Å². The fourth-order valence-corrected chi connectivity index (χ4v) is 5.83. The van der Waals surface area contributed by atoms with Crippen LogP contribution in [0.2, 0.25) is 0 Å². The second kappa shape index (κ2) is 7.77. The molecular formula is C27H26N2O2S. The Morgan fingerprint density at radius 3 is 2.31 bits per heavy atom. The highest BCUT2D eigenvalue weighted by Gasteiger charge is 2.47. The van der Waals surface area contributed by atoms with Gasteiger partial charge in [0.1, 0.15) is 15.4 Å². The van der Waals surface area contributed by atoms with Crippen LogP contribution in [0.15, 0.2) is 54.6 Å². The summed E-state index contributed by atoms with van der Waals surface area (Å²) in [6, 6.07) is 19.5. The molecule has 1 saturated heterocycles. The van der Waals surface area contributed by atoms with E-state index in [4.69, 9.17) is 19.4 Å². The van der Waals surface area contributed by atoms with Crippen LogP contribution in [0.3, 0.4) is 0 Å². The highest BCUT2D eigenvalue weighted by Crippen LogP contribution is 2.53. The Morgan fingerprint density at radius 2 is 1.62 bits per heavy atom. The average molecular weight is 443 g/mol. The van der Waals surface area contributed by atoms with Crippen LogP contribution < -0.4 is 0 Å². The number of aryl methyl sites for hydroxylation is 2. The molecule has 1 saturated carbocycles. The van der Waals surface area contributed by atoms with Crippen LogP contribution in [0, 0.1) is 13.8 Å². The van der Waals surface area contributed by atoms with Crippen molar-refractivity contribution in [2.45, 2.75) is 44.8 Å². The number of aromatic nitrogens is 2. The van der Waals surface area contributed by atoms with Gasteiger partial charge >= 0.3 is 0 Å². The van der Waals surface area contributed by atoms with E-state index in [0.717, 1.165) is 59.0 Å². The maximum Gasteiger partial charge on any atom is 0.184 e. The van der Waals surface area contributed by atoms with Gasteiger partial charge in [0, 0.05) is 16.5 Å². The number of benzene rings is 2. The van der Waals surface area contributed by atoms with Gasteiger partial charge in [-0.1, -0.05) is 41.7 Å². The summed E-state index contributed by atoms with van der Waals surface area (Å²) >= 11 is 1.68. The van der Waals surface area contributed by atoms with E-state index in [9.17, 15) is 0 Å². The molecule has 3 heterocycles. The smallest absolute Gasteiger partial charge is 0.184 e. The summed E-state index contributed by atoms with van der Waals surface area (Å²) in [5.74, 6) is 0. The summed E-state index contributed by atoms with van der Waals surface area (Å²) in [6.07, 6.45) is 3.02. The number of thiazole rings is 1. The molecule has 2 aromatic heterocycles. The van der Waals surface area contributed by atoms with Crippen molar-refractivity contribution in [1.82, 2.24) is 9.97 Å². The molecule has 0 unspecified atom stereocenters. The van der Waals surface area contributed by atoms with Gasteiger partial charge in [-0.3, -0.25) is 0 Å². The lowest BCUT2D eigenvalue weighted by Crippen LogP contribution is -2.19. The first-order valence-electron chi connectivity index (χ1n) is 11.3. The number of hydrogen-bond donors (Lipinski definition) is 0. The zero-order valence-electron chi connectivity index (χ0n) is 18.4. The van der Waals surface area contributed by atoms with E-state index in [-0.39, 0.29) is 11.7 Å². The SMILES string of the molecule is Cc1cc(-c2nc3ccc(C4(c5ccccc5)CC4)nc3s2)cc(C)c1C1OCCCO1. The van der Waals surface area contributed by atoms with Crippen LogP contribution in [0.4, 0.5) is 0 Å². The van der Waals surface area contributed by atoms with E-state index < -0.39 is 0 Å². The van der Waals surface area contributed by atoms with Gasteiger partial charge in [0.05, 0.1) is 18.9 Å². The Labute approximate surface area is 192 Å². The molecule has 0 radical (unpaired) electrons. The molecule has 2 aromatic carbocycles. The highest BCUT2D eigenvalue weighted by molar-refractivity contribution is 7.21. The van der Waals surface area contributed by atoms with E-state index >= 15 is 0 Å². The fourth-order valence-electron chi connectivity index (χ4n) is 4.91. The summed E-state index contributed by atoms with van der Waals surface area (Å²) in [4.78, 5) is 11.0. The summed E-state index contributed by atoms with van der Waals surface area (Å²) < 4.78 is 11.7. The summed E-state index contributed by atoms with van der Waals surface area (Å²) in [6.45, 7) is 5.77. The van der Waals surface area contributed by atoms with Crippen molar-refractivity contribution >= 4 is 21.7 Å². The lowest BCUT2D eigenvalue weighted by molar-refractivity contribution is -0.183. The lowest BCUT2D eigenvalue weighted by atomic mass is 9.92. The van der Waals surface area contributed by atoms with Gasteiger partial charge in [0.25, 0.3) is 0 Å². The molecule has 0 amide bonds. The minimum absolute atomic E-state index is 0.0778. The molecular weight excluding hydrogens is 416 g/mol. The number of fused-ring (bicyclic) bond motifs is 1. The topological polar surface area (TPSA) is 44.2 Å². The van der Waals surface area contributed by atoms with Gasteiger partial charge in [0.15, 0.2) is 6.29 Å². The second-order valence-electron chi connectivity index (χ2n) is 8.94. The van der Waals surface area contributed by atoms with Crippen molar-refractivity contribution in [2.75, 3.05) is 13.2 Å². The van der Waals surface area contributed by atoms with E-state index in [2.05, 4.69) is 68.4 Å². The Hall–Kier alpha value is -2.60. The monoisotopic (exact) mass is 442 g/mol. The van der Waals surface area contributed by atoms with Crippen molar-refractivity contribution in [2.24, 2.45) is 0 Å². The van der Waals surface area contributed by atoms with Crippen molar-refractivity contribution in [3.8, 4) is 10.6 Å². The quantitative estimate of drug-likeness (QED) is 0.362. The minimum Gasteiger partial charge on any atom is -0.348 e. The van der Waals surface area contributed by atoms with Crippen LogP contribution in [0.25, 0.3) is 20.9 Å². The molecule has 2 aliphatic rings. The molecule has 5 heteroatoms. The molecule has 6 rings (SSSR count). The zero-order valence-corrected chi connectivity index (χ0v) is 19.2. The van der Waals surface area contributed by atoms with Crippen molar-refractivity contribution in [3.05, 3.63) is 82.5 Å². The molecule has 0 atom stereocenters.